The minimum atomic E-state index is -0.802. The Bertz CT molecular complexity index is 732. The summed E-state index contributed by atoms with van der Waals surface area (Å²) < 4.78 is 9.42. The third-order valence-electron chi connectivity index (χ3n) is 3.11. The summed E-state index contributed by atoms with van der Waals surface area (Å²) >= 11 is 0. The van der Waals surface area contributed by atoms with Crippen molar-refractivity contribution >= 4 is 17.6 Å². The van der Waals surface area contributed by atoms with Crippen molar-refractivity contribution in [1.82, 2.24) is 0 Å². The summed E-state index contributed by atoms with van der Waals surface area (Å²) in [6.07, 6.45) is 5.94. The highest BCUT2D eigenvalue weighted by molar-refractivity contribution is 6.05. The van der Waals surface area contributed by atoms with Crippen molar-refractivity contribution in [3.8, 4) is 11.5 Å². The molecule has 0 fully saturated rings. The molecule has 0 unspecified atom stereocenters. The van der Waals surface area contributed by atoms with E-state index in [2.05, 4.69) is 4.74 Å². The van der Waals surface area contributed by atoms with E-state index < -0.39 is 11.9 Å². The van der Waals surface area contributed by atoms with Crippen LogP contribution in [0.1, 0.15) is 0 Å². The molecular formula is C16H15NO6. The van der Waals surface area contributed by atoms with Gasteiger partial charge in [-0.05, 0) is 24.3 Å². The quantitative estimate of drug-likeness (QED) is 0.645. The number of aromatic hydroxyl groups is 2. The van der Waals surface area contributed by atoms with Crippen molar-refractivity contribution in [2.24, 2.45) is 0 Å². The lowest BCUT2D eigenvalue weighted by Gasteiger charge is -2.23. The van der Waals surface area contributed by atoms with Gasteiger partial charge in [-0.3, -0.25) is 0 Å². The average molecular weight is 317 g/mol. The van der Waals surface area contributed by atoms with Gasteiger partial charge in [0.25, 0.3) is 0 Å². The zero-order chi connectivity index (χ0) is 17.0. The highest BCUT2D eigenvalue weighted by Crippen LogP contribution is 2.35. The van der Waals surface area contributed by atoms with Crippen molar-refractivity contribution < 1.29 is 29.3 Å². The summed E-state index contributed by atoms with van der Waals surface area (Å²) in [5.74, 6) is -1.86. The Balaban J connectivity index is 2.71. The van der Waals surface area contributed by atoms with Crippen LogP contribution in [0.15, 0.2) is 53.9 Å². The molecule has 7 heteroatoms. The zero-order valence-electron chi connectivity index (χ0n) is 12.5. The van der Waals surface area contributed by atoms with Crippen LogP contribution in [-0.4, -0.2) is 36.4 Å². The van der Waals surface area contributed by atoms with Crippen molar-refractivity contribution in [1.29, 1.82) is 0 Å². The number of ether oxygens (including phenoxy) is 2. The van der Waals surface area contributed by atoms with Gasteiger partial charge in [-0.1, -0.05) is 6.08 Å². The van der Waals surface area contributed by atoms with Gasteiger partial charge in [0.1, 0.15) is 17.2 Å². The highest BCUT2D eigenvalue weighted by Gasteiger charge is 2.28. The number of phenolic OH excluding ortho intramolecular Hbond substituents is 2. The molecule has 23 heavy (non-hydrogen) atoms. The van der Waals surface area contributed by atoms with Crippen LogP contribution < -0.4 is 4.90 Å². The fourth-order valence-corrected chi connectivity index (χ4v) is 2.06. The van der Waals surface area contributed by atoms with E-state index in [0.717, 1.165) is 0 Å². The van der Waals surface area contributed by atoms with Crippen molar-refractivity contribution in [3.05, 3.63) is 53.9 Å². The number of methoxy groups -OCH3 is 2. The fraction of sp³-hybridized carbons (Fsp3) is 0.125. The maximum atomic E-state index is 12.2. The molecule has 2 rings (SSSR count). The first-order chi connectivity index (χ1) is 11.0. The number of allylic oxidation sites excluding steroid dienone is 2. The van der Waals surface area contributed by atoms with Gasteiger partial charge in [0, 0.05) is 12.3 Å². The van der Waals surface area contributed by atoms with Crippen LogP contribution in [0.4, 0.5) is 5.69 Å². The second kappa shape index (κ2) is 6.69. The lowest BCUT2D eigenvalue weighted by molar-refractivity contribution is -0.139. The van der Waals surface area contributed by atoms with Gasteiger partial charge in [-0.25, -0.2) is 9.59 Å². The van der Waals surface area contributed by atoms with Crippen molar-refractivity contribution in [3.63, 3.8) is 0 Å². The molecule has 0 saturated carbocycles. The smallest absolute Gasteiger partial charge is 0.355 e. The second-order valence-corrected chi connectivity index (χ2v) is 4.49. The van der Waals surface area contributed by atoms with E-state index in [1.165, 1.54) is 55.7 Å². The Morgan fingerprint density at radius 1 is 1.04 bits per heavy atom. The van der Waals surface area contributed by atoms with Gasteiger partial charge in [0.2, 0.25) is 0 Å². The molecular weight excluding hydrogens is 302 g/mol. The van der Waals surface area contributed by atoms with Crippen molar-refractivity contribution in [2.45, 2.75) is 0 Å². The largest absolute Gasteiger partial charge is 0.508 e. The Kier molecular flexibility index (Phi) is 4.70. The summed E-state index contributed by atoms with van der Waals surface area (Å²) in [5.41, 5.74) is -0.0934. The fourth-order valence-electron chi connectivity index (χ4n) is 2.06. The van der Waals surface area contributed by atoms with Gasteiger partial charge in [0.15, 0.2) is 0 Å². The van der Waals surface area contributed by atoms with Crippen LogP contribution in [0.3, 0.4) is 0 Å². The summed E-state index contributed by atoms with van der Waals surface area (Å²) in [6, 6.07) is 3.81. The summed E-state index contributed by atoms with van der Waals surface area (Å²) in [7, 11) is 2.36. The van der Waals surface area contributed by atoms with Gasteiger partial charge in [0.05, 0.1) is 25.5 Å². The standard InChI is InChI=1S/C16H15NO6/c1-22-15(20)11-5-3-4-8-17(14(11)16(21)23-2)12-9-10(18)6-7-13(12)19/h3-9,18-19H,1-2H3. The number of rotatable bonds is 3. The average Bonchev–Trinajstić information content (AvgIpc) is 2.78. The molecule has 0 radical (unpaired) electrons. The summed E-state index contributed by atoms with van der Waals surface area (Å²) in [5, 5.41) is 19.7. The number of benzene rings is 1. The topological polar surface area (TPSA) is 96.3 Å². The zero-order valence-corrected chi connectivity index (χ0v) is 12.5. The van der Waals surface area contributed by atoms with Crippen LogP contribution in [0.2, 0.25) is 0 Å². The Hall–Kier alpha value is -3.22. The lowest BCUT2D eigenvalue weighted by atomic mass is 10.1. The third kappa shape index (κ3) is 3.18. The summed E-state index contributed by atoms with van der Waals surface area (Å²) in [4.78, 5) is 25.4. The Labute approximate surface area is 132 Å². The number of anilines is 1. The Morgan fingerprint density at radius 3 is 2.39 bits per heavy atom. The van der Waals surface area contributed by atoms with E-state index in [0.29, 0.717) is 0 Å². The first kappa shape index (κ1) is 16.2. The number of carbonyl (C=O) groups excluding carboxylic acids is 2. The van der Waals surface area contributed by atoms with E-state index >= 15 is 0 Å². The molecule has 2 N–H and O–H groups in total. The second-order valence-electron chi connectivity index (χ2n) is 4.49. The molecule has 0 saturated heterocycles. The first-order valence-electron chi connectivity index (χ1n) is 6.56. The molecule has 1 aromatic carbocycles. The lowest BCUT2D eigenvalue weighted by Crippen LogP contribution is -2.27. The van der Waals surface area contributed by atoms with E-state index in [9.17, 15) is 19.8 Å². The van der Waals surface area contributed by atoms with E-state index in [1.54, 1.807) is 6.08 Å². The van der Waals surface area contributed by atoms with E-state index in [-0.39, 0.29) is 28.5 Å². The van der Waals surface area contributed by atoms with Crippen LogP contribution in [-0.2, 0) is 19.1 Å². The number of carbonyl (C=O) groups is 2. The number of hydrogen-bond acceptors (Lipinski definition) is 7. The van der Waals surface area contributed by atoms with Crippen molar-refractivity contribution in [2.75, 3.05) is 19.1 Å². The minimum Gasteiger partial charge on any atom is -0.508 e. The molecule has 1 aromatic rings. The normalized spacial score (nSPS) is 13.7. The maximum Gasteiger partial charge on any atom is 0.355 e. The number of phenols is 2. The number of nitrogens with zero attached hydrogens (tertiary/aromatic N) is 1. The molecule has 1 heterocycles. The third-order valence-corrected chi connectivity index (χ3v) is 3.11. The number of hydrogen-bond donors (Lipinski definition) is 2. The molecule has 7 nitrogen and oxygen atoms in total. The molecule has 0 aliphatic carbocycles. The van der Waals surface area contributed by atoms with Gasteiger partial charge in [-0.15, -0.1) is 0 Å². The summed E-state index contributed by atoms with van der Waals surface area (Å²) in [6.45, 7) is 0. The van der Waals surface area contributed by atoms with E-state index in [1.807, 2.05) is 0 Å². The van der Waals surface area contributed by atoms with Gasteiger partial charge in [-0.2, -0.15) is 0 Å². The highest BCUT2D eigenvalue weighted by atomic mass is 16.5. The van der Waals surface area contributed by atoms with Crippen LogP contribution in [0.25, 0.3) is 0 Å². The van der Waals surface area contributed by atoms with Crippen LogP contribution in [0, 0.1) is 0 Å². The molecule has 0 atom stereocenters. The molecule has 1 aliphatic heterocycles. The maximum absolute atomic E-state index is 12.2. The van der Waals surface area contributed by atoms with Gasteiger partial charge >= 0.3 is 11.9 Å². The molecule has 0 bridgehead atoms. The number of esters is 2. The molecule has 0 amide bonds. The Morgan fingerprint density at radius 2 is 1.74 bits per heavy atom. The predicted molar refractivity (Wildman–Crippen MR) is 81.6 cm³/mol. The first-order valence-corrected chi connectivity index (χ1v) is 6.56. The molecule has 1 aliphatic rings. The monoisotopic (exact) mass is 317 g/mol. The SMILES string of the molecule is COC(=O)C1=C(C(=O)OC)N(c2cc(O)ccc2O)C=CC=C1. The minimum absolute atomic E-state index is 0.0490. The van der Waals surface area contributed by atoms with Gasteiger partial charge < -0.3 is 24.6 Å². The predicted octanol–water partition coefficient (Wildman–Crippen LogP) is 1.59. The van der Waals surface area contributed by atoms with E-state index in [4.69, 9.17) is 4.74 Å². The van der Waals surface area contributed by atoms with Crippen LogP contribution >= 0.6 is 0 Å². The molecule has 120 valence electrons. The molecule has 0 aromatic heterocycles. The van der Waals surface area contributed by atoms with Crippen LogP contribution in [0.5, 0.6) is 11.5 Å². The molecule has 0 spiro atoms.